The van der Waals surface area contributed by atoms with Gasteiger partial charge in [-0.2, -0.15) is 5.06 Å². The molecule has 1 unspecified atom stereocenters. The Morgan fingerprint density at radius 1 is 1.00 bits per heavy atom. The van der Waals surface area contributed by atoms with E-state index in [2.05, 4.69) is 31.2 Å². The summed E-state index contributed by atoms with van der Waals surface area (Å²) in [7, 11) is 0. The number of benzene rings is 2. The van der Waals surface area contributed by atoms with Gasteiger partial charge in [0.15, 0.2) is 0 Å². The summed E-state index contributed by atoms with van der Waals surface area (Å²) in [5.41, 5.74) is 2.54. The number of nitrogens with zero attached hydrogens (tertiary/aromatic N) is 2. The predicted molar refractivity (Wildman–Crippen MR) is 92.1 cm³/mol. The van der Waals surface area contributed by atoms with E-state index in [1.165, 1.54) is 10.6 Å². The summed E-state index contributed by atoms with van der Waals surface area (Å²) in [5, 5.41) is 1.49. The molecular weight excluding hydrogens is 300 g/mol. The number of rotatable bonds is 2. The second kappa shape index (κ2) is 5.95. The van der Waals surface area contributed by atoms with Crippen molar-refractivity contribution in [1.82, 2.24) is 9.96 Å². The van der Waals surface area contributed by atoms with E-state index >= 15 is 0 Å². The van der Waals surface area contributed by atoms with Crippen LogP contribution in [0.4, 0.5) is 4.79 Å². The lowest BCUT2D eigenvalue weighted by atomic mass is 9.74. The quantitative estimate of drug-likeness (QED) is 0.780. The van der Waals surface area contributed by atoms with Crippen LogP contribution in [0.15, 0.2) is 60.7 Å². The highest BCUT2D eigenvalue weighted by Crippen LogP contribution is 2.40. The monoisotopic (exact) mass is 322 g/mol. The molecule has 0 aliphatic carbocycles. The molecule has 0 radical (unpaired) electrons. The van der Waals surface area contributed by atoms with Crippen molar-refractivity contribution in [3.05, 3.63) is 71.8 Å². The second-order valence-electron chi connectivity index (χ2n) is 6.89. The molecule has 2 aliphatic heterocycles. The fourth-order valence-electron chi connectivity index (χ4n) is 3.50. The van der Waals surface area contributed by atoms with Gasteiger partial charge in [0.1, 0.15) is 0 Å². The molecule has 4 nitrogen and oxygen atoms in total. The van der Waals surface area contributed by atoms with Crippen molar-refractivity contribution in [3.8, 4) is 0 Å². The zero-order valence-corrected chi connectivity index (χ0v) is 13.9. The molecule has 124 valence electrons. The first-order chi connectivity index (χ1) is 11.7. The number of carbonyl (C=O) groups is 1. The molecule has 0 spiro atoms. The molecule has 2 fully saturated rings. The van der Waals surface area contributed by atoms with Crippen LogP contribution < -0.4 is 0 Å². The van der Waals surface area contributed by atoms with Gasteiger partial charge < -0.3 is 4.90 Å². The van der Waals surface area contributed by atoms with E-state index in [-0.39, 0.29) is 17.7 Å². The zero-order valence-electron chi connectivity index (χ0n) is 13.9. The minimum absolute atomic E-state index is 0.0148. The zero-order chi connectivity index (χ0) is 16.6. The summed E-state index contributed by atoms with van der Waals surface area (Å²) in [6, 6.07) is 20.5. The molecular formula is C20H22N2O2. The highest BCUT2D eigenvalue weighted by Gasteiger charge is 2.46. The van der Waals surface area contributed by atoms with Crippen LogP contribution in [0.1, 0.15) is 37.1 Å². The number of hydroxylamine groups is 2. The van der Waals surface area contributed by atoms with E-state index in [4.69, 9.17) is 4.84 Å². The van der Waals surface area contributed by atoms with Gasteiger partial charge in [0.05, 0.1) is 0 Å². The molecule has 4 heteroatoms. The fourth-order valence-corrected chi connectivity index (χ4v) is 3.50. The maximum Gasteiger partial charge on any atom is 0.346 e. The minimum atomic E-state index is -0.221. The molecule has 0 saturated carbocycles. The van der Waals surface area contributed by atoms with Gasteiger partial charge in [0.2, 0.25) is 6.23 Å². The van der Waals surface area contributed by atoms with Crippen molar-refractivity contribution in [2.45, 2.75) is 31.4 Å². The number of piperidine rings is 1. The summed E-state index contributed by atoms with van der Waals surface area (Å²) >= 11 is 0. The van der Waals surface area contributed by atoms with E-state index in [0.29, 0.717) is 0 Å². The number of hydrogen-bond acceptors (Lipinski definition) is 2. The largest absolute Gasteiger partial charge is 0.346 e. The Balaban J connectivity index is 1.38. The lowest BCUT2D eigenvalue weighted by Crippen LogP contribution is -2.45. The minimum Gasteiger partial charge on any atom is -0.323 e. The summed E-state index contributed by atoms with van der Waals surface area (Å²) in [6.07, 6.45) is 1.74. The molecule has 24 heavy (non-hydrogen) atoms. The van der Waals surface area contributed by atoms with Crippen LogP contribution >= 0.6 is 0 Å². The van der Waals surface area contributed by atoms with Crippen LogP contribution in [-0.2, 0) is 10.3 Å². The summed E-state index contributed by atoms with van der Waals surface area (Å²) < 4.78 is 0. The van der Waals surface area contributed by atoms with Crippen LogP contribution in [0, 0.1) is 0 Å². The molecule has 2 heterocycles. The predicted octanol–water partition coefficient (Wildman–Crippen LogP) is 4.11. The van der Waals surface area contributed by atoms with E-state index in [1.807, 2.05) is 41.3 Å². The third-order valence-corrected chi connectivity index (χ3v) is 5.26. The number of amides is 2. The average molecular weight is 322 g/mol. The molecule has 0 N–H and O–H groups in total. The van der Waals surface area contributed by atoms with Crippen LogP contribution in [0.25, 0.3) is 0 Å². The number of carbonyl (C=O) groups excluding carboxylic acids is 1. The maximum atomic E-state index is 12.6. The summed E-state index contributed by atoms with van der Waals surface area (Å²) in [4.78, 5) is 20.0. The van der Waals surface area contributed by atoms with E-state index in [0.717, 1.165) is 31.5 Å². The van der Waals surface area contributed by atoms with Crippen molar-refractivity contribution in [2.75, 3.05) is 13.1 Å². The molecule has 2 aliphatic rings. The number of likely N-dealkylation sites (tertiary alicyclic amines) is 1. The van der Waals surface area contributed by atoms with E-state index in [9.17, 15) is 4.79 Å². The van der Waals surface area contributed by atoms with Crippen LogP contribution in [0.5, 0.6) is 0 Å². The van der Waals surface area contributed by atoms with Gasteiger partial charge in [-0.15, -0.1) is 0 Å². The topological polar surface area (TPSA) is 35.9 Å². The van der Waals surface area contributed by atoms with Crippen molar-refractivity contribution in [3.63, 3.8) is 0 Å². The Morgan fingerprint density at radius 3 is 2.21 bits per heavy atom. The number of urea groups is 1. The SMILES string of the molecule is CC1(c2ccccc2)CCN(C(=O)N2OC2c2ccccc2)CC1. The molecule has 0 bridgehead atoms. The molecule has 2 aromatic carbocycles. The first kappa shape index (κ1) is 15.2. The Morgan fingerprint density at radius 2 is 1.58 bits per heavy atom. The lowest BCUT2D eigenvalue weighted by Gasteiger charge is -2.39. The van der Waals surface area contributed by atoms with Gasteiger partial charge in [0, 0.05) is 18.7 Å². The van der Waals surface area contributed by atoms with Gasteiger partial charge in [-0.25, -0.2) is 9.63 Å². The van der Waals surface area contributed by atoms with Crippen molar-refractivity contribution in [1.29, 1.82) is 0 Å². The smallest absolute Gasteiger partial charge is 0.323 e. The Labute approximate surface area is 142 Å². The third kappa shape index (κ3) is 2.78. The standard InChI is InChI=1S/C20H22N2O2/c1-20(17-10-6-3-7-11-17)12-14-21(15-13-20)19(23)22-18(24-22)16-8-4-2-5-9-16/h2-11,18H,12-15H2,1H3. The molecule has 2 saturated heterocycles. The van der Waals surface area contributed by atoms with Gasteiger partial charge in [0.25, 0.3) is 0 Å². The Kier molecular flexibility index (Phi) is 3.77. The van der Waals surface area contributed by atoms with Crippen molar-refractivity contribution < 1.29 is 9.63 Å². The van der Waals surface area contributed by atoms with Crippen LogP contribution in [-0.4, -0.2) is 29.1 Å². The molecule has 4 rings (SSSR count). The van der Waals surface area contributed by atoms with E-state index in [1.54, 1.807) is 0 Å². The van der Waals surface area contributed by atoms with Gasteiger partial charge in [-0.1, -0.05) is 67.6 Å². The van der Waals surface area contributed by atoms with Gasteiger partial charge in [-0.05, 0) is 23.8 Å². The highest BCUT2D eigenvalue weighted by molar-refractivity contribution is 5.75. The molecule has 0 aromatic heterocycles. The molecule has 1 atom stereocenters. The average Bonchev–Trinajstić information content (AvgIpc) is 3.44. The highest BCUT2D eigenvalue weighted by atomic mass is 16.8. The normalized spacial score (nSPS) is 22.3. The van der Waals surface area contributed by atoms with Crippen molar-refractivity contribution >= 4 is 6.03 Å². The van der Waals surface area contributed by atoms with Crippen molar-refractivity contribution in [2.24, 2.45) is 0 Å². The van der Waals surface area contributed by atoms with E-state index < -0.39 is 0 Å². The molecule has 2 amide bonds. The lowest BCUT2D eigenvalue weighted by molar-refractivity contribution is 0.117. The third-order valence-electron chi connectivity index (χ3n) is 5.26. The second-order valence-corrected chi connectivity index (χ2v) is 6.89. The van der Waals surface area contributed by atoms with Gasteiger partial charge in [-0.3, -0.25) is 0 Å². The number of hydrogen-bond donors (Lipinski definition) is 0. The summed E-state index contributed by atoms with van der Waals surface area (Å²) in [6.45, 7) is 3.84. The van der Waals surface area contributed by atoms with Crippen LogP contribution in [0.3, 0.4) is 0 Å². The van der Waals surface area contributed by atoms with Gasteiger partial charge >= 0.3 is 6.03 Å². The Bertz CT molecular complexity index is 709. The fraction of sp³-hybridized carbons (Fsp3) is 0.350. The van der Waals surface area contributed by atoms with Crippen LogP contribution in [0.2, 0.25) is 0 Å². The Hall–Kier alpha value is -2.33. The first-order valence-corrected chi connectivity index (χ1v) is 8.53. The molecule has 2 aromatic rings. The maximum absolute atomic E-state index is 12.6. The first-order valence-electron chi connectivity index (χ1n) is 8.53. The summed E-state index contributed by atoms with van der Waals surface area (Å²) in [5.74, 6) is 0.